The molecule has 2 aromatic rings. The van der Waals surface area contributed by atoms with Crippen LogP contribution in [-0.4, -0.2) is 14.3 Å². The molecule has 2 aromatic heterocycles. The molecule has 0 aliphatic rings. The number of aromatic nitrogens is 3. The Bertz CT molecular complexity index is 441. The van der Waals surface area contributed by atoms with E-state index in [0.717, 1.165) is 19.6 Å². The first-order valence-electron chi connectivity index (χ1n) is 5.62. The van der Waals surface area contributed by atoms with Gasteiger partial charge in [0.05, 0.1) is 5.69 Å². The van der Waals surface area contributed by atoms with Gasteiger partial charge in [-0.25, -0.2) is 0 Å². The van der Waals surface area contributed by atoms with Gasteiger partial charge in [-0.05, 0) is 24.6 Å². The van der Waals surface area contributed by atoms with E-state index in [0.29, 0.717) is 0 Å². The van der Waals surface area contributed by atoms with Crippen LogP contribution in [-0.2, 0) is 26.7 Å². The summed E-state index contributed by atoms with van der Waals surface area (Å²) in [5.41, 5.74) is 2.54. The maximum Gasteiger partial charge on any atom is 0.0522 e. The van der Waals surface area contributed by atoms with E-state index in [4.69, 9.17) is 0 Å². The van der Waals surface area contributed by atoms with E-state index in [1.807, 2.05) is 17.9 Å². The van der Waals surface area contributed by atoms with Crippen LogP contribution in [0.4, 0.5) is 0 Å². The van der Waals surface area contributed by atoms with E-state index in [-0.39, 0.29) is 0 Å². The van der Waals surface area contributed by atoms with Crippen molar-refractivity contribution in [2.24, 2.45) is 7.05 Å². The molecule has 4 heteroatoms. The zero-order chi connectivity index (χ0) is 11.4. The monoisotopic (exact) mass is 218 g/mol. The third-order valence-corrected chi connectivity index (χ3v) is 2.63. The van der Waals surface area contributed by atoms with Gasteiger partial charge < -0.3 is 9.88 Å². The van der Waals surface area contributed by atoms with Gasteiger partial charge in [-0.3, -0.25) is 4.68 Å². The van der Waals surface area contributed by atoms with Gasteiger partial charge in [0.25, 0.3) is 0 Å². The van der Waals surface area contributed by atoms with Crippen LogP contribution in [0.15, 0.2) is 30.7 Å². The minimum absolute atomic E-state index is 0.864. The zero-order valence-corrected chi connectivity index (χ0v) is 9.85. The van der Waals surface area contributed by atoms with Crippen molar-refractivity contribution in [1.82, 2.24) is 19.7 Å². The molecule has 0 bridgehead atoms. The summed E-state index contributed by atoms with van der Waals surface area (Å²) < 4.78 is 4.07. The molecule has 0 spiro atoms. The van der Waals surface area contributed by atoms with Crippen molar-refractivity contribution in [3.8, 4) is 0 Å². The average Bonchev–Trinajstić information content (AvgIpc) is 2.87. The van der Waals surface area contributed by atoms with Crippen LogP contribution in [0, 0.1) is 0 Å². The van der Waals surface area contributed by atoms with Crippen LogP contribution in [0.3, 0.4) is 0 Å². The number of hydrogen-bond donors (Lipinski definition) is 1. The van der Waals surface area contributed by atoms with Crippen molar-refractivity contribution >= 4 is 0 Å². The highest BCUT2D eigenvalue weighted by atomic mass is 15.3. The largest absolute Gasteiger partial charge is 0.357 e. The SMILES string of the molecule is CCn1nccc1CNCc1ccn(C)c1. The van der Waals surface area contributed by atoms with E-state index in [9.17, 15) is 0 Å². The molecule has 86 valence electrons. The van der Waals surface area contributed by atoms with Crippen molar-refractivity contribution in [3.63, 3.8) is 0 Å². The molecular formula is C12H18N4. The van der Waals surface area contributed by atoms with Gasteiger partial charge in [-0.15, -0.1) is 0 Å². The minimum atomic E-state index is 0.864. The van der Waals surface area contributed by atoms with Gasteiger partial charge in [0.1, 0.15) is 0 Å². The lowest BCUT2D eigenvalue weighted by molar-refractivity contribution is 0.581. The van der Waals surface area contributed by atoms with Crippen molar-refractivity contribution in [3.05, 3.63) is 42.0 Å². The molecule has 1 N–H and O–H groups in total. The Morgan fingerprint density at radius 2 is 2.19 bits per heavy atom. The normalized spacial score (nSPS) is 10.9. The summed E-state index contributed by atoms with van der Waals surface area (Å²) in [6.45, 7) is 4.79. The summed E-state index contributed by atoms with van der Waals surface area (Å²) in [5, 5.41) is 7.65. The van der Waals surface area contributed by atoms with Gasteiger partial charge in [-0.1, -0.05) is 0 Å². The van der Waals surface area contributed by atoms with E-state index in [2.05, 4.69) is 46.4 Å². The molecule has 0 amide bonds. The van der Waals surface area contributed by atoms with Gasteiger partial charge >= 0.3 is 0 Å². The number of nitrogens with zero attached hydrogens (tertiary/aromatic N) is 3. The molecule has 0 saturated carbocycles. The first-order chi connectivity index (χ1) is 7.79. The minimum Gasteiger partial charge on any atom is -0.357 e. The highest BCUT2D eigenvalue weighted by Crippen LogP contribution is 2.01. The third kappa shape index (κ3) is 2.52. The van der Waals surface area contributed by atoms with Crippen molar-refractivity contribution in [2.75, 3.05) is 0 Å². The molecule has 4 nitrogen and oxygen atoms in total. The van der Waals surface area contributed by atoms with E-state index >= 15 is 0 Å². The van der Waals surface area contributed by atoms with E-state index < -0.39 is 0 Å². The summed E-state index contributed by atoms with van der Waals surface area (Å²) in [6.07, 6.45) is 6.04. The maximum absolute atomic E-state index is 4.24. The maximum atomic E-state index is 4.24. The topological polar surface area (TPSA) is 34.8 Å². The molecule has 0 fully saturated rings. The summed E-state index contributed by atoms with van der Waals surface area (Å²) in [4.78, 5) is 0. The summed E-state index contributed by atoms with van der Waals surface area (Å²) in [7, 11) is 2.04. The fourth-order valence-corrected chi connectivity index (χ4v) is 1.80. The molecule has 0 radical (unpaired) electrons. The first kappa shape index (κ1) is 11.0. The molecule has 2 heterocycles. The summed E-state index contributed by atoms with van der Waals surface area (Å²) in [6, 6.07) is 4.19. The lowest BCUT2D eigenvalue weighted by Crippen LogP contribution is -2.15. The van der Waals surface area contributed by atoms with Crippen molar-refractivity contribution in [2.45, 2.75) is 26.6 Å². The second-order valence-corrected chi connectivity index (χ2v) is 3.93. The number of aryl methyl sites for hydroxylation is 2. The second-order valence-electron chi connectivity index (χ2n) is 3.93. The number of hydrogen-bond acceptors (Lipinski definition) is 2. The number of nitrogens with one attached hydrogen (secondary N) is 1. The molecule has 0 atom stereocenters. The van der Waals surface area contributed by atoms with Crippen molar-refractivity contribution < 1.29 is 0 Å². The Hall–Kier alpha value is -1.55. The van der Waals surface area contributed by atoms with Crippen LogP contribution < -0.4 is 5.32 Å². The van der Waals surface area contributed by atoms with Crippen LogP contribution >= 0.6 is 0 Å². The Morgan fingerprint density at radius 1 is 1.31 bits per heavy atom. The zero-order valence-electron chi connectivity index (χ0n) is 9.85. The number of rotatable bonds is 5. The molecule has 2 rings (SSSR count). The molecule has 0 aliphatic carbocycles. The lowest BCUT2D eigenvalue weighted by Gasteiger charge is -2.05. The predicted octanol–water partition coefficient (Wildman–Crippen LogP) is 1.53. The summed E-state index contributed by atoms with van der Waals surface area (Å²) in [5.74, 6) is 0. The fraction of sp³-hybridized carbons (Fsp3) is 0.417. The molecule has 0 aromatic carbocycles. The Labute approximate surface area is 95.9 Å². The Balaban J connectivity index is 1.84. The van der Waals surface area contributed by atoms with Crippen LogP contribution in [0.25, 0.3) is 0 Å². The van der Waals surface area contributed by atoms with E-state index in [1.165, 1.54) is 11.3 Å². The second kappa shape index (κ2) is 4.99. The van der Waals surface area contributed by atoms with E-state index in [1.54, 1.807) is 0 Å². The summed E-state index contributed by atoms with van der Waals surface area (Å²) >= 11 is 0. The molecular weight excluding hydrogens is 200 g/mol. The van der Waals surface area contributed by atoms with Gasteiger partial charge in [0.15, 0.2) is 0 Å². The Kier molecular flexibility index (Phi) is 3.41. The fourth-order valence-electron chi connectivity index (χ4n) is 1.80. The molecule has 0 saturated heterocycles. The standard InChI is InChI=1S/C12H18N4/c1-3-16-12(4-6-14-16)9-13-8-11-5-7-15(2)10-11/h4-7,10,13H,3,8-9H2,1-2H3. The van der Waals surface area contributed by atoms with Crippen LogP contribution in [0.1, 0.15) is 18.2 Å². The van der Waals surface area contributed by atoms with Crippen LogP contribution in [0.2, 0.25) is 0 Å². The molecule has 16 heavy (non-hydrogen) atoms. The van der Waals surface area contributed by atoms with Gasteiger partial charge in [-0.2, -0.15) is 5.10 Å². The quantitative estimate of drug-likeness (QED) is 0.826. The predicted molar refractivity (Wildman–Crippen MR) is 63.9 cm³/mol. The highest BCUT2D eigenvalue weighted by Gasteiger charge is 2.00. The first-order valence-corrected chi connectivity index (χ1v) is 5.62. The third-order valence-electron chi connectivity index (χ3n) is 2.63. The molecule has 0 aliphatic heterocycles. The lowest BCUT2D eigenvalue weighted by atomic mass is 10.3. The smallest absolute Gasteiger partial charge is 0.0522 e. The average molecular weight is 218 g/mol. The highest BCUT2D eigenvalue weighted by molar-refractivity contribution is 5.09. The molecule has 0 unspecified atom stereocenters. The van der Waals surface area contributed by atoms with Crippen LogP contribution in [0.5, 0.6) is 0 Å². The van der Waals surface area contributed by atoms with Gasteiger partial charge in [0, 0.05) is 45.3 Å². The van der Waals surface area contributed by atoms with Crippen molar-refractivity contribution in [1.29, 1.82) is 0 Å². The van der Waals surface area contributed by atoms with Gasteiger partial charge in [0.2, 0.25) is 0 Å². The Morgan fingerprint density at radius 3 is 2.88 bits per heavy atom.